The second-order valence-electron chi connectivity index (χ2n) is 6.68. The highest BCUT2D eigenvalue weighted by atomic mass is 79.9. The number of nitrogens with one attached hydrogen (secondary N) is 1. The van der Waals surface area contributed by atoms with E-state index in [-0.39, 0.29) is 22.2 Å². The van der Waals surface area contributed by atoms with Crippen molar-refractivity contribution in [3.8, 4) is 11.5 Å². The molecule has 0 aliphatic carbocycles. The molecule has 10 heteroatoms. The molecule has 0 saturated carbocycles. The largest absolute Gasteiger partial charge is 0.490 e. The van der Waals surface area contributed by atoms with E-state index in [1.165, 1.54) is 24.0 Å². The fraction of sp³-hybridized carbons (Fsp3) is 0.182. The van der Waals surface area contributed by atoms with E-state index in [0.717, 1.165) is 4.47 Å². The Morgan fingerprint density at radius 3 is 2.66 bits per heavy atom. The third-order valence-corrected chi connectivity index (χ3v) is 5.18. The third-order valence-electron chi connectivity index (χ3n) is 4.40. The molecular weight excluding hydrogens is 500 g/mol. The number of carboxylic acids is 1. The average molecular weight is 519 g/mol. The fourth-order valence-electron chi connectivity index (χ4n) is 2.89. The highest BCUT2D eigenvalue weighted by Gasteiger charge is 2.34. The molecule has 0 aromatic heterocycles. The number of carbonyl (C=O) groups excluding carboxylic acids is 2. The quantitative estimate of drug-likeness (QED) is 0.328. The van der Waals surface area contributed by atoms with Crippen LogP contribution < -0.4 is 19.7 Å². The van der Waals surface area contributed by atoms with Gasteiger partial charge in [0.2, 0.25) is 0 Å². The predicted molar refractivity (Wildman–Crippen MR) is 126 cm³/mol. The molecule has 0 spiro atoms. The number of hydrogen-bond donors (Lipinski definition) is 2. The Hall–Kier alpha value is -3.24. The number of carboxylic acid groups (broad SMARTS) is 1. The van der Waals surface area contributed by atoms with Crippen LogP contribution in [0, 0.1) is 0 Å². The van der Waals surface area contributed by atoms with Gasteiger partial charge in [-0.1, -0.05) is 28.1 Å². The minimum atomic E-state index is -1.12. The molecule has 8 nitrogen and oxygen atoms in total. The first kappa shape index (κ1) is 23.4. The zero-order chi connectivity index (χ0) is 23.4. The summed E-state index contributed by atoms with van der Waals surface area (Å²) in [6.45, 7) is 3.48. The summed E-state index contributed by atoms with van der Waals surface area (Å²) in [5, 5.41) is 11.6. The Morgan fingerprint density at radius 2 is 2.00 bits per heavy atom. The van der Waals surface area contributed by atoms with Crippen molar-refractivity contribution in [2.75, 3.05) is 11.5 Å². The lowest BCUT2D eigenvalue weighted by atomic mass is 10.1. The van der Waals surface area contributed by atoms with Gasteiger partial charge in [0.25, 0.3) is 11.8 Å². The number of benzene rings is 2. The normalized spacial score (nSPS) is 16.0. The maximum Gasteiger partial charge on any atom is 0.344 e. The van der Waals surface area contributed by atoms with Crippen LogP contribution in [0.1, 0.15) is 19.4 Å². The molecule has 2 amide bonds. The van der Waals surface area contributed by atoms with Crippen LogP contribution in [0.25, 0.3) is 6.08 Å². The molecule has 2 N–H and O–H groups in total. The highest BCUT2D eigenvalue weighted by molar-refractivity contribution is 9.10. The van der Waals surface area contributed by atoms with Gasteiger partial charge in [-0.3, -0.25) is 19.8 Å². The van der Waals surface area contributed by atoms with Gasteiger partial charge in [0.1, 0.15) is 5.57 Å². The summed E-state index contributed by atoms with van der Waals surface area (Å²) in [6.07, 6.45) is 0.334. The average Bonchev–Trinajstić information content (AvgIpc) is 2.73. The monoisotopic (exact) mass is 518 g/mol. The molecule has 3 rings (SSSR count). The number of rotatable bonds is 7. The van der Waals surface area contributed by atoms with Gasteiger partial charge in [0.05, 0.1) is 12.3 Å². The maximum atomic E-state index is 13.1. The van der Waals surface area contributed by atoms with Crippen molar-refractivity contribution in [2.24, 2.45) is 0 Å². The summed E-state index contributed by atoms with van der Waals surface area (Å²) in [6, 6.07) is 11.7. The number of aliphatic carboxylic acids is 1. The number of carbonyl (C=O) groups is 3. The van der Waals surface area contributed by atoms with Crippen LogP contribution in [-0.2, 0) is 14.4 Å². The van der Waals surface area contributed by atoms with Crippen molar-refractivity contribution in [1.82, 2.24) is 5.32 Å². The van der Waals surface area contributed by atoms with Gasteiger partial charge in [-0.05, 0) is 68.0 Å². The molecule has 1 atom stereocenters. The van der Waals surface area contributed by atoms with Crippen molar-refractivity contribution in [3.05, 3.63) is 58.1 Å². The number of halogens is 1. The topological polar surface area (TPSA) is 105 Å². The first-order chi connectivity index (χ1) is 15.2. The smallest absolute Gasteiger partial charge is 0.344 e. The standard InChI is InChI=1S/C22H19BrN2O6S/c1-3-30-18-10-13(7-8-17(18)31-12(2)21(28)29)9-16-19(26)24-22(32)25(20(16)27)15-6-4-5-14(23)11-15/h4-12H,3H2,1-2H3,(H,28,29)(H,24,26,32). The van der Waals surface area contributed by atoms with Gasteiger partial charge in [-0.25, -0.2) is 4.79 Å². The van der Waals surface area contributed by atoms with Gasteiger partial charge in [0, 0.05) is 4.47 Å². The number of ether oxygens (including phenoxy) is 2. The van der Waals surface area contributed by atoms with Crippen molar-refractivity contribution in [2.45, 2.75) is 20.0 Å². The van der Waals surface area contributed by atoms with Crippen molar-refractivity contribution in [1.29, 1.82) is 0 Å². The zero-order valence-corrected chi connectivity index (χ0v) is 19.5. The van der Waals surface area contributed by atoms with Crippen LogP contribution in [0.15, 0.2) is 52.5 Å². The fourth-order valence-corrected chi connectivity index (χ4v) is 3.56. The minimum absolute atomic E-state index is 0.0170. The van der Waals surface area contributed by atoms with Crippen LogP contribution in [0.2, 0.25) is 0 Å². The van der Waals surface area contributed by atoms with Crippen LogP contribution in [0.3, 0.4) is 0 Å². The summed E-state index contributed by atoms with van der Waals surface area (Å²) in [7, 11) is 0. The Morgan fingerprint density at radius 1 is 1.25 bits per heavy atom. The van der Waals surface area contributed by atoms with E-state index in [4.69, 9.17) is 26.8 Å². The summed E-state index contributed by atoms with van der Waals surface area (Å²) in [5.74, 6) is -1.79. The Kier molecular flexibility index (Phi) is 7.26. The van der Waals surface area contributed by atoms with E-state index in [1.54, 1.807) is 43.3 Å². The van der Waals surface area contributed by atoms with Crippen LogP contribution >= 0.6 is 28.1 Å². The zero-order valence-electron chi connectivity index (χ0n) is 17.1. The first-order valence-corrected chi connectivity index (χ1v) is 10.7. The van der Waals surface area contributed by atoms with Gasteiger partial charge < -0.3 is 14.6 Å². The van der Waals surface area contributed by atoms with E-state index in [2.05, 4.69) is 21.2 Å². The van der Waals surface area contributed by atoms with Gasteiger partial charge in [-0.2, -0.15) is 0 Å². The molecule has 32 heavy (non-hydrogen) atoms. The molecule has 2 aromatic rings. The first-order valence-electron chi connectivity index (χ1n) is 9.54. The molecule has 0 bridgehead atoms. The lowest BCUT2D eigenvalue weighted by Gasteiger charge is -2.29. The molecular formula is C22H19BrN2O6S. The summed E-state index contributed by atoms with van der Waals surface area (Å²) in [4.78, 5) is 38.0. The molecule has 1 fully saturated rings. The van der Waals surface area contributed by atoms with Gasteiger partial charge in [0.15, 0.2) is 22.7 Å². The van der Waals surface area contributed by atoms with Crippen LogP contribution in [-0.4, -0.2) is 40.7 Å². The molecule has 1 saturated heterocycles. The number of anilines is 1. The van der Waals surface area contributed by atoms with E-state index >= 15 is 0 Å². The third kappa shape index (κ3) is 5.14. The lowest BCUT2D eigenvalue weighted by molar-refractivity contribution is -0.144. The number of thiocarbonyl (C=S) groups is 1. The Balaban J connectivity index is 1.97. The number of amides is 2. The summed E-state index contributed by atoms with van der Waals surface area (Å²) < 4.78 is 11.7. The van der Waals surface area contributed by atoms with E-state index in [1.807, 2.05) is 0 Å². The molecule has 1 aliphatic heterocycles. The highest BCUT2D eigenvalue weighted by Crippen LogP contribution is 2.31. The second-order valence-corrected chi connectivity index (χ2v) is 7.98. The van der Waals surface area contributed by atoms with Crippen molar-refractivity contribution >= 4 is 62.8 Å². The molecule has 1 unspecified atom stereocenters. The van der Waals surface area contributed by atoms with Crippen molar-refractivity contribution in [3.63, 3.8) is 0 Å². The molecule has 1 heterocycles. The Labute approximate surface area is 197 Å². The molecule has 0 radical (unpaired) electrons. The van der Waals surface area contributed by atoms with E-state index in [0.29, 0.717) is 17.9 Å². The number of hydrogen-bond acceptors (Lipinski definition) is 6. The summed E-state index contributed by atoms with van der Waals surface area (Å²) >= 11 is 8.56. The lowest BCUT2D eigenvalue weighted by Crippen LogP contribution is -2.54. The Bertz CT molecular complexity index is 1130. The van der Waals surface area contributed by atoms with Gasteiger partial charge >= 0.3 is 5.97 Å². The maximum absolute atomic E-state index is 13.1. The molecule has 1 aliphatic rings. The number of nitrogens with zero attached hydrogens (tertiary/aromatic N) is 1. The molecule has 166 valence electrons. The second kappa shape index (κ2) is 9.92. The van der Waals surface area contributed by atoms with E-state index in [9.17, 15) is 14.4 Å². The molecule has 2 aromatic carbocycles. The summed E-state index contributed by atoms with van der Waals surface area (Å²) in [5.41, 5.74) is 0.875. The van der Waals surface area contributed by atoms with Crippen LogP contribution in [0.5, 0.6) is 11.5 Å². The van der Waals surface area contributed by atoms with Gasteiger partial charge in [-0.15, -0.1) is 0 Å². The van der Waals surface area contributed by atoms with Crippen LogP contribution in [0.4, 0.5) is 5.69 Å². The minimum Gasteiger partial charge on any atom is -0.490 e. The van der Waals surface area contributed by atoms with E-state index < -0.39 is 23.9 Å². The van der Waals surface area contributed by atoms with Crippen molar-refractivity contribution < 1.29 is 29.0 Å². The predicted octanol–water partition coefficient (Wildman–Crippen LogP) is 3.53. The SMILES string of the molecule is CCOc1cc(C=C2C(=O)NC(=S)N(c3cccc(Br)c3)C2=O)ccc1OC(C)C(=O)O.